The van der Waals surface area contributed by atoms with Gasteiger partial charge in [0.15, 0.2) is 0 Å². The van der Waals surface area contributed by atoms with E-state index in [-0.39, 0.29) is 16.6 Å². The molecule has 1 N–H and O–H groups in total. The van der Waals surface area contributed by atoms with Crippen molar-refractivity contribution in [2.45, 2.75) is 39.7 Å². The number of aromatic nitrogens is 3. The molecule has 0 saturated carbocycles. The van der Waals surface area contributed by atoms with Gasteiger partial charge in [0.2, 0.25) is 16.5 Å². The number of halogens is 2. The standard InChI is InChI=1S/C12H21Cl2N5/c1-4-19(5-2)8-6-7-9(3)15-12-17-10(13)16-11(14)18-12/h9H,4-8H2,1-3H3,(H,15,16,17,18). The molecule has 0 aliphatic carbocycles. The molecule has 0 fully saturated rings. The van der Waals surface area contributed by atoms with Gasteiger partial charge >= 0.3 is 0 Å². The molecule has 0 amide bonds. The van der Waals surface area contributed by atoms with Gasteiger partial charge < -0.3 is 10.2 Å². The lowest BCUT2D eigenvalue weighted by molar-refractivity contribution is 0.295. The van der Waals surface area contributed by atoms with Crippen molar-refractivity contribution in [3.8, 4) is 0 Å². The quantitative estimate of drug-likeness (QED) is 0.800. The van der Waals surface area contributed by atoms with E-state index in [9.17, 15) is 0 Å². The molecule has 1 rings (SSSR count). The van der Waals surface area contributed by atoms with Crippen LogP contribution in [0.3, 0.4) is 0 Å². The van der Waals surface area contributed by atoms with Crippen molar-refractivity contribution in [2.75, 3.05) is 25.0 Å². The van der Waals surface area contributed by atoms with E-state index in [1.54, 1.807) is 0 Å². The summed E-state index contributed by atoms with van der Waals surface area (Å²) in [5, 5.41) is 3.40. The summed E-state index contributed by atoms with van der Waals surface area (Å²) in [6.07, 6.45) is 2.17. The van der Waals surface area contributed by atoms with Crippen LogP contribution < -0.4 is 5.32 Å². The second-order valence-electron chi connectivity index (χ2n) is 4.41. The minimum Gasteiger partial charge on any atom is -0.352 e. The fourth-order valence-corrected chi connectivity index (χ4v) is 2.21. The molecule has 108 valence electrons. The van der Waals surface area contributed by atoms with Crippen LogP contribution >= 0.6 is 23.2 Å². The Labute approximate surface area is 124 Å². The number of nitrogens with zero attached hydrogens (tertiary/aromatic N) is 4. The molecule has 1 aromatic rings. The van der Waals surface area contributed by atoms with E-state index < -0.39 is 0 Å². The fraction of sp³-hybridized carbons (Fsp3) is 0.750. The van der Waals surface area contributed by atoms with E-state index in [4.69, 9.17) is 23.2 Å². The normalized spacial score (nSPS) is 12.7. The molecule has 0 bridgehead atoms. The van der Waals surface area contributed by atoms with E-state index in [2.05, 4.69) is 45.9 Å². The first-order valence-electron chi connectivity index (χ1n) is 6.61. The third-order valence-corrected chi connectivity index (χ3v) is 3.30. The largest absolute Gasteiger partial charge is 0.352 e. The number of hydrogen-bond acceptors (Lipinski definition) is 5. The fourth-order valence-electron chi connectivity index (χ4n) is 1.84. The molecule has 5 nitrogen and oxygen atoms in total. The van der Waals surface area contributed by atoms with Gasteiger partial charge in [-0.25, -0.2) is 0 Å². The van der Waals surface area contributed by atoms with Gasteiger partial charge in [0, 0.05) is 6.04 Å². The van der Waals surface area contributed by atoms with E-state index in [1.165, 1.54) is 0 Å². The average Bonchev–Trinajstić information content (AvgIpc) is 2.33. The van der Waals surface area contributed by atoms with Gasteiger partial charge in [0.1, 0.15) is 0 Å². The van der Waals surface area contributed by atoms with Gasteiger partial charge in [0.05, 0.1) is 0 Å². The Bertz CT molecular complexity index is 364. The summed E-state index contributed by atoms with van der Waals surface area (Å²) in [5.41, 5.74) is 0. The van der Waals surface area contributed by atoms with Gasteiger partial charge in [-0.1, -0.05) is 13.8 Å². The molecule has 0 aliphatic rings. The third-order valence-electron chi connectivity index (χ3n) is 2.96. The lowest BCUT2D eigenvalue weighted by atomic mass is 10.2. The van der Waals surface area contributed by atoms with Crippen LogP contribution in [-0.2, 0) is 0 Å². The molecule has 7 heteroatoms. The highest BCUT2D eigenvalue weighted by molar-refractivity contribution is 6.31. The highest BCUT2D eigenvalue weighted by atomic mass is 35.5. The van der Waals surface area contributed by atoms with Crippen molar-refractivity contribution in [3.05, 3.63) is 10.6 Å². The Morgan fingerprint density at radius 3 is 2.21 bits per heavy atom. The van der Waals surface area contributed by atoms with E-state index in [1.807, 2.05) is 0 Å². The Hall–Kier alpha value is -0.650. The van der Waals surface area contributed by atoms with Crippen LogP contribution in [0.1, 0.15) is 33.6 Å². The third kappa shape index (κ3) is 6.36. The monoisotopic (exact) mass is 305 g/mol. The molecule has 0 aliphatic heterocycles. The Balaban J connectivity index is 2.36. The zero-order chi connectivity index (χ0) is 14.3. The van der Waals surface area contributed by atoms with Crippen LogP contribution in [0.5, 0.6) is 0 Å². The molecular weight excluding hydrogens is 285 g/mol. The maximum absolute atomic E-state index is 5.72. The molecule has 0 aromatic carbocycles. The number of anilines is 1. The second kappa shape index (κ2) is 8.51. The van der Waals surface area contributed by atoms with Gasteiger partial charge in [0.25, 0.3) is 0 Å². The first-order valence-corrected chi connectivity index (χ1v) is 7.36. The van der Waals surface area contributed by atoms with Crippen molar-refractivity contribution in [1.82, 2.24) is 19.9 Å². The lowest BCUT2D eigenvalue weighted by Crippen LogP contribution is -2.26. The summed E-state index contributed by atoms with van der Waals surface area (Å²) in [5.74, 6) is 0.431. The molecule has 1 unspecified atom stereocenters. The van der Waals surface area contributed by atoms with Crippen LogP contribution in [0.2, 0.25) is 10.6 Å². The van der Waals surface area contributed by atoms with E-state index in [0.717, 1.165) is 32.5 Å². The highest BCUT2D eigenvalue weighted by Gasteiger charge is 2.08. The summed E-state index contributed by atoms with van der Waals surface area (Å²) in [4.78, 5) is 14.1. The van der Waals surface area contributed by atoms with E-state index in [0.29, 0.717) is 5.95 Å². The summed E-state index contributed by atoms with van der Waals surface area (Å²) in [6, 6.07) is 0.269. The maximum atomic E-state index is 5.72. The summed E-state index contributed by atoms with van der Waals surface area (Å²) in [7, 11) is 0. The smallest absolute Gasteiger partial charge is 0.228 e. The SMILES string of the molecule is CCN(CC)CCCC(C)Nc1nc(Cl)nc(Cl)n1. The van der Waals surface area contributed by atoms with Crippen molar-refractivity contribution < 1.29 is 0 Å². The topological polar surface area (TPSA) is 53.9 Å². The maximum Gasteiger partial charge on any atom is 0.228 e. The molecule has 1 atom stereocenters. The van der Waals surface area contributed by atoms with Gasteiger partial charge in [-0.05, 0) is 62.6 Å². The van der Waals surface area contributed by atoms with Gasteiger partial charge in [-0.15, -0.1) is 0 Å². The zero-order valence-corrected chi connectivity index (χ0v) is 13.2. The number of rotatable bonds is 8. The second-order valence-corrected chi connectivity index (χ2v) is 5.09. The first kappa shape index (κ1) is 16.4. The molecule has 1 aromatic heterocycles. The Kier molecular flexibility index (Phi) is 7.34. The zero-order valence-electron chi connectivity index (χ0n) is 11.7. The minimum atomic E-state index is 0.109. The van der Waals surface area contributed by atoms with Crippen LogP contribution in [0, 0.1) is 0 Å². The van der Waals surface area contributed by atoms with Crippen LogP contribution in [0.15, 0.2) is 0 Å². The summed E-state index contributed by atoms with van der Waals surface area (Å²) in [6.45, 7) is 9.75. The molecule has 0 saturated heterocycles. The average molecular weight is 306 g/mol. The summed E-state index contributed by atoms with van der Waals surface area (Å²) >= 11 is 11.4. The lowest BCUT2D eigenvalue weighted by Gasteiger charge is -2.19. The molecule has 1 heterocycles. The van der Waals surface area contributed by atoms with Crippen LogP contribution in [0.25, 0.3) is 0 Å². The predicted molar refractivity (Wildman–Crippen MR) is 80.0 cm³/mol. The number of nitrogens with one attached hydrogen (secondary N) is 1. The molecular formula is C12H21Cl2N5. The van der Waals surface area contributed by atoms with Crippen molar-refractivity contribution in [2.24, 2.45) is 0 Å². The Morgan fingerprint density at radius 1 is 1.11 bits per heavy atom. The van der Waals surface area contributed by atoms with Crippen LogP contribution in [0.4, 0.5) is 5.95 Å². The van der Waals surface area contributed by atoms with Crippen molar-refractivity contribution in [1.29, 1.82) is 0 Å². The molecule has 0 radical (unpaired) electrons. The van der Waals surface area contributed by atoms with E-state index >= 15 is 0 Å². The van der Waals surface area contributed by atoms with Crippen molar-refractivity contribution in [3.63, 3.8) is 0 Å². The summed E-state index contributed by atoms with van der Waals surface area (Å²) < 4.78 is 0. The minimum absolute atomic E-state index is 0.109. The van der Waals surface area contributed by atoms with Gasteiger partial charge in [-0.3, -0.25) is 0 Å². The first-order chi connectivity index (χ1) is 9.05. The van der Waals surface area contributed by atoms with Crippen molar-refractivity contribution >= 4 is 29.2 Å². The van der Waals surface area contributed by atoms with Gasteiger partial charge in [-0.2, -0.15) is 15.0 Å². The van der Waals surface area contributed by atoms with Crippen LogP contribution in [-0.4, -0.2) is 45.5 Å². The number of hydrogen-bond donors (Lipinski definition) is 1. The molecule has 19 heavy (non-hydrogen) atoms. The molecule has 0 spiro atoms. The predicted octanol–water partition coefficient (Wildman–Crippen LogP) is 3.10. The highest BCUT2D eigenvalue weighted by Crippen LogP contribution is 2.11. The Morgan fingerprint density at radius 2 is 1.68 bits per heavy atom.